The van der Waals surface area contributed by atoms with Gasteiger partial charge in [0.1, 0.15) is 23.8 Å². The van der Waals surface area contributed by atoms with E-state index in [1.54, 1.807) is 24.8 Å². The van der Waals surface area contributed by atoms with Gasteiger partial charge in [0.05, 0.1) is 23.5 Å². The number of hydrogen-bond donors (Lipinski definition) is 2. The molecule has 0 spiro atoms. The number of H-pyrrole nitrogens is 2. The zero-order valence-corrected chi connectivity index (χ0v) is 15.6. The second-order valence-electron chi connectivity index (χ2n) is 6.93. The Morgan fingerprint density at radius 1 is 1.07 bits per heavy atom. The molecule has 0 aliphatic carbocycles. The first-order valence-electron chi connectivity index (χ1n) is 9.08. The summed E-state index contributed by atoms with van der Waals surface area (Å²) >= 11 is 5.97. The maximum absolute atomic E-state index is 13.6. The molecular weight excluding hydrogens is 381 g/mol. The quantitative estimate of drug-likeness (QED) is 0.547. The lowest BCUT2D eigenvalue weighted by molar-refractivity contribution is 0.487. The number of aromatic amines is 2. The van der Waals surface area contributed by atoms with Gasteiger partial charge in [-0.1, -0.05) is 11.6 Å². The van der Waals surface area contributed by atoms with Crippen LogP contribution in [-0.2, 0) is 0 Å². The third kappa shape index (κ3) is 3.09. The predicted octanol–water partition coefficient (Wildman–Crippen LogP) is 3.92. The van der Waals surface area contributed by atoms with Crippen LogP contribution in [0.2, 0.25) is 5.02 Å². The van der Waals surface area contributed by atoms with Crippen molar-refractivity contribution in [2.24, 2.45) is 0 Å². The highest BCUT2D eigenvalue weighted by Crippen LogP contribution is 2.32. The topological polar surface area (TPSA) is 86.4 Å². The molecule has 0 bridgehead atoms. The van der Waals surface area contributed by atoms with Gasteiger partial charge in [0, 0.05) is 29.6 Å². The molecule has 1 aliphatic heterocycles. The maximum Gasteiger partial charge on any atom is 0.160 e. The Morgan fingerprint density at radius 3 is 2.75 bits per heavy atom. The average Bonchev–Trinajstić information content (AvgIpc) is 3.37. The summed E-state index contributed by atoms with van der Waals surface area (Å²) in [4.78, 5) is 18.8. The van der Waals surface area contributed by atoms with E-state index in [4.69, 9.17) is 11.6 Å². The molecule has 28 heavy (non-hydrogen) atoms. The summed E-state index contributed by atoms with van der Waals surface area (Å²) < 4.78 is 13.6. The van der Waals surface area contributed by atoms with Crippen molar-refractivity contribution >= 4 is 28.5 Å². The molecule has 1 aromatic carbocycles. The molecule has 0 atom stereocenters. The molecule has 0 unspecified atom stereocenters. The number of benzene rings is 1. The zero-order chi connectivity index (χ0) is 19.1. The highest BCUT2D eigenvalue weighted by atomic mass is 35.5. The van der Waals surface area contributed by atoms with Gasteiger partial charge in [-0.2, -0.15) is 5.10 Å². The maximum atomic E-state index is 13.6. The van der Waals surface area contributed by atoms with Gasteiger partial charge in [0.15, 0.2) is 5.65 Å². The highest BCUT2D eigenvalue weighted by Gasteiger charge is 2.25. The van der Waals surface area contributed by atoms with Crippen molar-refractivity contribution in [1.29, 1.82) is 0 Å². The monoisotopic (exact) mass is 397 g/mol. The van der Waals surface area contributed by atoms with Crippen LogP contribution >= 0.6 is 11.6 Å². The molecule has 142 valence electrons. The molecule has 9 heteroatoms. The fraction of sp³-hybridized carbons (Fsp3) is 0.263. The number of halogens is 2. The van der Waals surface area contributed by atoms with Gasteiger partial charge < -0.3 is 9.88 Å². The van der Waals surface area contributed by atoms with E-state index in [1.165, 1.54) is 12.1 Å². The van der Waals surface area contributed by atoms with E-state index in [0.717, 1.165) is 54.3 Å². The fourth-order valence-corrected chi connectivity index (χ4v) is 3.99. The number of rotatable bonds is 3. The molecule has 1 saturated heterocycles. The van der Waals surface area contributed by atoms with Crippen LogP contribution in [0.3, 0.4) is 0 Å². The van der Waals surface area contributed by atoms with E-state index >= 15 is 0 Å². The summed E-state index contributed by atoms with van der Waals surface area (Å²) in [5, 5.41) is 8.24. The summed E-state index contributed by atoms with van der Waals surface area (Å²) in [5.74, 6) is 1.79. The Kier molecular flexibility index (Phi) is 4.20. The zero-order valence-electron chi connectivity index (χ0n) is 14.9. The molecule has 3 aromatic heterocycles. The van der Waals surface area contributed by atoms with Crippen LogP contribution in [0.15, 0.2) is 36.9 Å². The third-order valence-electron chi connectivity index (χ3n) is 5.18. The second kappa shape index (κ2) is 6.87. The number of anilines is 1. The normalized spacial score (nSPS) is 15.4. The van der Waals surface area contributed by atoms with Gasteiger partial charge in [-0.05, 0) is 31.0 Å². The van der Waals surface area contributed by atoms with Crippen molar-refractivity contribution < 1.29 is 4.39 Å². The van der Waals surface area contributed by atoms with Crippen molar-refractivity contribution in [3.8, 4) is 11.3 Å². The number of imidazole rings is 1. The lowest BCUT2D eigenvalue weighted by Crippen LogP contribution is -2.33. The van der Waals surface area contributed by atoms with Crippen LogP contribution in [0.25, 0.3) is 22.3 Å². The van der Waals surface area contributed by atoms with Crippen LogP contribution in [0.5, 0.6) is 0 Å². The number of hydrogen-bond acceptors (Lipinski definition) is 5. The van der Waals surface area contributed by atoms with Crippen LogP contribution in [-0.4, -0.2) is 43.2 Å². The number of fused-ring (bicyclic) bond motifs is 1. The third-order valence-corrected chi connectivity index (χ3v) is 5.40. The molecular formula is C19H17ClFN7. The van der Waals surface area contributed by atoms with E-state index in [0.29, 0.717) is 16.5 Å². The first-order chi connectivity index (χ1) is 13.7. The molecule has 1 aliphatic rings. The largest absolute Gasteiger partial charge is 0.356 e. The Balaban J connectivity index is 1.32. The number of nitrogens with one attached hydrogen (secondary N) is 2. The van der Waals surface area contributed by atoms with Gasteiger partial charge in [-0.15, -0.1) is 0 Å². The molecule has 2 N–H and O–H groups in total. The van der Waals surface area contributed by atoms with Crippen molar-refractivity contribution in [1.82, 2.24) is 30.1 Å². The van der Waals surface area contributed by atoms with Gasteiger partial charge in [0.25, 0.3) is 0 Å². The van der Waals surface area contributed by atoms with Crippen molar-refractivity contribution in [2.45, 2.75) is 18.8 Å². The van der Waals surface area contributed by atoms with Crippen LogP contribution in [0.4, 0.5) is 10.2 Å². The summed E-state index contributed by atoms with van der Waals surface area (Å²) in [6.07, 6.45) is 6.96. The smallest absolute Gasteiger partial charge is 0.160 e. The lowest BCUT2D eigenvalue weighted by Gasteiger charge is -2.32. The molecule has 0 radical (unpaired) electrons. The molecule has 0 saturated carbocycles. The number of aromatic nitrogens is 6. The summed E-state index contributed by atoms with van der Waals surface area (Å²) in [7, 11) is 0. The van der Waals surface area contributed by atoms with Gasteiger partial charge in [0.2, 0.25) is 0 Å². The first-order valence-corrected chi connectivity index (χ1v) is 9.45. The lowest BCUT2D eigenvalue weighted by atomic mass is 9.96. The van der Waals surface area contributed by atoms with E-state index in [-0.39, 0.29) is 5.82 Å². The van der Waals surface area contributed by atoms with E-state index in [2.05, 4.69) is 35.0 Å². The molecule has 7 nitrogen and oxygen atoms in total. The van der Waals surface area contributed by atoms with Crippen LogP contribution in [0, 0.1) is 5.82 Å². The molecule has 4 heterocycles. The van der Waals surface area contributed by atoms with Crippen molar-refractivity contribution in [3.05, 3.63) is 53.6 Å². The minimum Gasteiger partial charge on any atom is -0.356 e. The van der Waals surface area contributed by atoms with Crippen molar-refractivity contribution in [2.75, 3.05) is 18.0 Å². The highest BCUT2D eigenvalue weighted by molar-refractivity contribution is 6.30. The second-order valence-corrected chi connectivity index (χ2v) is 7.37. The average molecular weight is 398 g/mol. The standard InChI is InChI=1S/C19H17ClFN7/c20-13-5-12(6-14(21)7-13)16-9-22-17(26-16)11-1-3-28(4-2-11)19-15-8-25-27-18(15)23-10-24-19/h5-11H,1-4H2,(H,22,26)(H,23,24,25,27). The minimum atomic E-state index is -0.359. The molecule has 0 amide bonds. The summed E-state index contributed by atoms with van der Waals surface area (Å²) in [6.45, 7) is 1.73. The van der Waals surface area contributed by atoms with Crippen LogP contribution in [0.1, 0.15) is 24.6 Å². The van der Waals surface area contributed by atoms with Crippen LogP contribution < -0.4 is 4.90 Å². The minimum absolute atomic E-state index is 0.315. The molecule has 5 rings (SSSR count). The Hall–Kier alpha value is -3.00. The predicted molar refractivity (Wildman–Crippen MR) is 105 cm³/mol. The Bertz CT molecular complexity index is 1110. The molecule has 4 aromatic rings. The Labute approximate surface area is 165 Å². The van der Waals surface area contributed by atoms with E-state index in [1.807, 2.05) is 0 Å². The summed E-state index contributed by atoms with van der Waals surface area (Å²) in [5.41, 5.74) is 2.22. The first kappa shape index (κ1) is 17.1. The number of piperidine rings is 1. The SMILES string of the molecule is Fc1cc(Cl)cc(-c2cnc(C3CCN(c4ncnc5[nH]ncc45)CC3)[nH]2)c1. The van der Waals surface area contributed by atoms with Gasteiger partial charge in [-0.25, -0.2) is 19.3 Å². The summed E-state index contributed by atoms with van der Waals surface area (Å²) in [6, 6.07) is 4.48. The number of nitrogens with zero attached hydrogens (tertiary/aromatic N) is 5. The van der Waals surface area contributed by atoms with Gasteiger partial charge in [-0.3, -0.25) is 5.10 Å². The van der Waals surface area contributed by atoms with Gasteiger partial charge >= 0.3 is 0 Å². The van der Waals surface area contributed by atoms with Crippen molar-refractivity contribution in [3.63, 3.8) is 0 Å². The fourth-order valence-electron chi connectivity index (χ4n) is 3.77. The van der Waals surface area contributed by atoms with E-state index < -0.39 is 0 Å². The van der Waals surface area contributed by atoms with E-state index in [9.17, 15) is 4.39 Å². The molecule has 1 fully saturated rings. The Morgan fingerprint density at radius 2 is 1.93 bits per heavy atom.